The number of piperidine rings is 1. The molecule has 1 amide bonds. The fraction of sp³-hybridized carbons (Fsp3) is 0.867. The zero-order valence-electron chi connectivity index (χ0n) is 13.2. The van der Waals surface area contributed by atoms with Crippen LogP contribution >= 0.6 is 0 Å². The molecular weight excluding hydrogens is 258 g/mol. The van der Waals surface area contributed by atoms with Crippen LogP contribution in [0.4, 0.5) is 4.79 Å². The summed E-state index contributed by atoms with van der Waals surface area (Å²) < 4.78 is 5.36. The number of hydrogen-bond donors (Lipinski definition) is 1. The van der Waals surface area contributed by atoms with E-state index < -0.39 is 23.1 Å². The number of carbonyl (C=O) groups is 2. The molecule has 0 bridgehead atoms. The molecule has 1 saturated heterocycles. The quantitative estimate of drug-likeness (QED) is 0.865. The molecule has 2 atom stereocenters. The van der Waals surface area contributed by atoms with E-state index in [9.17, 15) is 14.7 Å². The van der Waals surface area contributed by atoms with Crippen LogP contribution in [0.5, 0.6) is 0 Å². The molecule has 1 aliphatic heterocycles. The van der Waals surface area contributed by atoms with Crippen molar-refractivity contribution in [2.24, 2.45) is 11.3 Å². The minimum absolute atomic E-state index is 0.115. The first-order valence-corrected chi connectivity index (χ1v) is 7.37. The molecule has 1 heterocycles. The lowest BCUT2D eigenvalue weighted by Gasteiger charge is -2.45. The lowest BCUT2D eigenvalue weighted by atomic mass is 9.68. The van der Waals surface area contributed by atoms with Crippen LogP contribution < -0.4 is 0 Å². The van der Waals surface area contributed by atoms with Gasteiger partial charge in [-0.25, -0.2) is 4.79 Å². The van der Waals surface area contributed by atoms with Crippen molar-refractivity contribution in [3.8, 4) is 0 Å². The Balaban J connectivity index is 2.90. The summed E-state index contributed by atoms with van der Waals surface area (Å²) >= 11 is 0. The van der Waals surface area contributed by atoms with Crippen LogP contribution in [0.2, 0.25) is 0 Å². The predicted molar refractivity (Wildman–Crippen MR) is 76.6 cm³/mol. The van der Waals surface area contributed by atoms with Gasteiger partial charge in [0.05, 0.1) is 5.41 Å². The zero-order chi connectivity index (χ0) is 15.6. The van der Waals surface area contributed by atoms with Crippen LogP contribution in [0.1, 0.15) is 53.9 Å². The molecule has 1 fully saturated rings. The fourth-order valence-electron chi connectivity index (χ4n) is 3.01. The van der Waals surface area contributed by atoms with Gasteiger partial charge in [0.15, 0.2) is 0 Å². The highest BCUT2D eigenvalue weighted by Gasteiger charge is 2.48. The summed E-state index contributed by atoms with van der Waals surface area (Å²) in [7, 11) is 0. The van der Waals surface area contributed by atoms with E-state index in [-0.39, 0.29) is 12.5 Å². The second-order valence-electron chi connectivity index (χ2n) is 6.61. The van der Waals surface area contributed by atoms with Crippen LogP contribution in [0.3, 0.4) is 0 Å². The van der Waals surface area contributed by atoms with Gasteiger partial charge in [-0.15, -0.1) is 0 Å². The smallest absolute Gasteiger partial charge is 0.410 e. The van der Waals surface area contributed by atoms with Crippen LogP contribution in [-0.4, -0.2) is 40.8 Å². The summed E-state index contributed by atoms with van der Waals surface area (Å²) in [6.07, 6.45) is 1.66. The highest BCUT2D eigenvalue weighted by atomic mass is 16.6. The van der Waals surface area contributed by atoms with Crippen molar-refractivity contribution < 1.29 is 19.4 Å². The van der Waals surface area contributed by atoms with Gasteiger partial charge in [-0.3, -0.25) is 4.79 Å². The Hall–Kier alpha value is -1.26. The Morgan fingerprint density at radius 3 is 2.35 bits per heavy atom. The number of carboxylic acids is 1. The predicted octanol–water partition coefficient (Wildman–Crippen LogP) is 3.13. The molecule has 0 aromatic carbocycles. The van der Waals surface area contributed by atoms with Gasteiger partial charge in [0.25, 0.3) is 0 Å². The monoisotopic (exact) mass is 285 g/mol. The number of carbonyl (C=O) groups excluding carboxylic acids is 1. The molecule has 0 radical (unpaired) electrons. The summed E-state index contributed by atoms with van der Waals surface area (Å²) in [5, 5.41) is 9.64. The van der Waals surface area contributed by atoms with E-state index in [2.05, 4.69) is 0 Å². The lowest BCUT2D eigenvalue weighted by Crippen LogP contribution is -2.55. The Morgan fingerprint density at radius 2 is 1.95 bits per heavy atom. The summed E-state index contributed by atoms with van der Waals surface area (Å²) in [4.78, 5) is 25.4. The number of nitrogens with zero attached hydrogens (tertiary/aromatic N) is 1. The zero-order valence-corrected chi connectivity index (χ0v) is 13.2. The number of amides is 1. The molecule has 0 spiro atoms. The maximum atomic E-state index is 12.1. The summed E-state index contributed by atoms with van der Waals surface area (Å²) in [5.41, 5.74) is -1.40. The third kappa shape index (κ3) is 3.44. The van der Waals surface area contributed by atoms with Crippen molar-refractivity contribution >= 4 is 12.1 Å². The molecule has 0 aliphatic carbocycles. The number of carboxylic acid groups (broad SMARTS) is 1. The van der Waals surface area contributed by atoms with Gasteiger partial charge in [0.1, 0.15) is 5.60 Å². The number of likely N-dealkylation sites (tertiary alicyclic amines) is 1. The van der Waals surface area contributed by atoms with Gasteiger partial charge in [-0.1, -0.05) is 20.3 Å². The molecule has 5 nitrogen and oxygen atoms in total. The molecular formula is C15H27NO4. The van der Waals surface area contributed by atoms with E-state index in [0.717, 1.165) is 12.8 Å². The second kappa shape index (κ2) is 6.02. The SMILES string of the molecule is CCC1CCN(C(=O)OC(C)(C)C)CC1(CC)C(=O)O. The van der Waals surface area contributed by atoms with E-state index >= 15 is 0 Å². The van der Waals surface area contributed by atoms with Gasteiger partial charge < -0.3 is 14.7 Å². The normalized spacial score (nSPS) is 27.2. The number of ether oxygens (including phenoxy) is 1. The standard InChI is InChI=1S/C15H27NO4/c1-6-11-8-9-16(13(19)20-14(3,4)5)10-15(11,7-2)12(17)18/h11H,6-10H2,1-5H3,(H,17,18). The minimum atomic E-state index is -0.843. The molecule has 0 aromatic rings. The van der Waals surface area contributed by atoms with Gasteiger partial charge in [-0.2, -0.15) is 0 Å². The van der Waals surface area contributed by atoms with Crippen LogP contribution in [0.15, 0.2) is 0 Å². The van der Waals surface area contributed by atoms with Crippen molar-refractivity contribution in [3.63, 3.8) is 0 Å². The molecule has 116 valence electrons. The summed E-state index contributed by atoms with van der Waals surface area (Å²) in [6.45, 7) is 10.2. The number of rotatable bonds is 3. The molecule has 5 heteroatoms. The van der Waals surface area contributed by atoms with Gasteiger partial charge in [-0.05, 0) is 39.5 Å². The van der Waals surface area contributed by atoms with E-state index in [1.807, 2.05) is 34.6 Å². The molecule has 0 aromatic heterocycles. The number of aliphatic carboxylic acids is 1. The fourth-order valence-corrected chi connectivity index (χ4v) is 3.01. The molecule has 1 N–H and O–H groups in total. The molecule has 20 heavy (non-hydrogen) atoms. The van der Waals surface area contributed by atoms with Crippen molar-refractivity contribution in [2.45, 2.75) is 59.5 Å². The summed E-state index contributed by atoms with van der Waals surface area (Å²) in [6, 6.07) is 0. The first-order valence-electron chi connectivity index (χ1n) is 7.37. The Kier molecular flexibility index (Phi) is 5.05. The van der Waals surface area contributed by atoms with Gasteiger partial charge in [0, 0.05) is 13.1 Å². The van der Waals surface area contributed by atoms with Gasteiger partial charge in [0.2, 0.25) is 0 Å². The first kappa shape index (κ1) is 16.8. The Bertz CT molecular complexity index is 375. The van der Waals surface area contributed by atoms with Crippen molar-refractivity contribution in [3.05, 3.63) is 0 Å². The minimum Gasteiger partial charge on any atom is -0.481 e. The highest BCUT2D eigenvalue weighted by Crippen LogP contribution is 2.41. The molecule has 2 unspecified atom stereocenters. The Labute approximate surface area is 121 Å². The topological polar surface area (TPSA) is 66.8 Å². The molecule has 1 aliphatic rings. The summed E-state index contributed by atoms with van der Waals surface area (Å²) in [5.74, 6) is -0.691. The average molecular weight is 285 g/mol. The average Bonchev–Trinajstić information content (AvgIpc) is 2.35. The third-order valence-electron chi connectivity index (χ3n) is 4.20. The Morgan fingerprint density at radius 1 is 1.35 bits per heavy atom. The lowest BCUT2D eigenvalue weighted by molar-refractivity contribution is -0.157. The van der Waals surface area contributed by atoms with Gasteiger partial charge >= 0.3 is 12.1 Å². The van der Waals surface area contributed by atoms with E-state index in [4.69, 9.17) is 4.74 Å². The third-order valence-corrected chi connectivity index (χ3v) is 4.20. The number of hydrogen-bond acceptors (Lipinski definition) is 3. The first-order chi connectivity index (χ1) is 9.16. The van der Waals surface area contributed by atoms with E-state index in [1.165, 1.54) is 0 Å². The van der Waals surface area contributed by atoms with E-state index in [0.29, 0.717) is 13.0 Å². The molecule has 0 saturated carbocycles. The molecule has 1 rings (SSSR count). The largest absolute Gasteiger partial charge is 0.481 e. The highest BCUT2D eigenvalue weighted by molar-refractivity contribution is 5.77. The second-order valence-corrected chi connectivity index (χ2v) is 6.61. The van der Waals surface area contributed by atoms with Crippen LogP contribution in [0.25, 0.3) is 0 Å². The maximum absolute atomic E-state index is 12.1. The van der Waals surface area contributed by atoms with Crippen LogP contribution in [-0.2, 0) is 9.53 Å². The van der Waals surface area contributed by atoms with Crippen molar-refractivity contribution in [2.75, 3.05) is 13.1 Å². The van der Waals surface area contributed by atoms with Crippen molar-refractivity contribution in [1.29, 1.82) is 0 Å². The van der Waals surface area contributed by atoms with E-state index in [1.54, 1.807) is 4.90 Å². The van der Waals surface area contributed by atoms with Crippen LogP contribution in [0, 0.1) is 11.3 Å². The van der Waals surface area contributed by atoms with Crippen molar-refractivity contribution in [1.82, 2.24) is 4.90 Å². The maximum Gasteiger partial charge on any atom is 0.410 e.